The largest absolute Gasteiger partial charge is 0.495 e. The number of benzene rings is 1. The van der Waals surface area contributed by atoms with Crippen molar-refractivity contribution in [3.8, 4) is 5.75 Å². The molecule has 1 fully saturated rings. The number of rotatable bonds is 8. The van der Waals surface area contributed by atoms with Crippen LogP contribution in [0.5, 0.6) is 5.75 Å². The molecule has 25 heavy (non-hydrogen) atoms. The predicted molar refractivity (Wildman–Crippen MR) is 93.6 cm³/mol. The first kappa shape index (κ1) is 19.7. The number of amides is 1. The third-order valence-corrected chi connectivity index (χ3v) is 7.00. The van der Waals surface area contributed by atoms with Crippen LogP contribution in [0.25, 0.3) is 0 Å². The summed E-state index contributed by atoms with van der Waals surface area (Å²) in [5.74, 6) is -0.782. The molecule has 0 radical (unpaired) electrons. The molecule has 1 aromatic carbocycles. The molecule has 140 valence electrons. The van der Waals surface area contributed by atoms with Gasteiger partial charge in [0.05, 0.1) is 18.6 Å². The molecule has 0 spiro atoms. The Balaban J connectivity index is 2.39. The number of anilines is 1. The first-order valence-corrected chi connectivity index (χ1v) is 11.1. The van der Waals surface area contributed by atoms with E-state index >= 15 is 0 Å². The molecule has 8 nitrogen and oxygen atoms in total. The lowest BCUT2D eigenvalue weighted by molar-refractivity contribution is -0.116. The van der Waals surface area contributed by atoms with Crippen molar-refractivity contribution in [2.75, 3.05) is 23.7 Å². The maximum atomic E-state index is 12.5. The zero-order valence-corrected chi connectivity index (χ0v) is 15.8. The lowest BCUT2D eigenvalue weighted by Crippen LogP contribution is -2.30. The van der Waals surface area contributed by atoms with Crippen LogP contribution in [0.15, 0.2) is 23.1 Å². The molecule has 1 N–H and O–H groups in total. The van der Waals surface area contributed by atoms with Crippen LogP contribution in [-0.4, -0.2) is 42.2 Å². The Morgan fingerprint density at radius 1 is 1.28 bits per heavy atom. The summed E-state index contributed by atoms with van der Waals surface area (Å²) >= 11 is 0. The lowest BCUT2D eigenvalue weighted by Gasteiger charge is -2.18. The Hall–Kier alpha value is -1.65. The summed E-state index contributed by atoms with van der Waals surface area (Å²) in [6.07, 6.45) is 2.41. The van der Waals surface area contributed by atoms with E-state index in [1.54, 1.807) is 0 Å². The molecule has 1 aromatic rings. The molecule has 0 unspecified atom stereocenters. The standard InChI is InChI=1S/C15H22N2O6S2/c1-3-4-5-9-16-25(21,22)14-11-12(6-7-13(14)23-2)17-15(18)8-10-24(17,19)20/h6-7,11,16H,3-5,8-10H2,1-2H3. The smallest absolute Gasteiger partial charge is 0.244 e. The first-order valence-electron chi connectivity index (χ1n) is 7.96. The SMILES string of the molecule is CCCCCNS(=O)(=O)c1cc(N2C(=O)CCS2(=O)=O)ccc1OC. The Morgan fingerprint density at radius 3 is 2.56 bits per heavy atom. The quantitative estimate of drug-likeness (QED) is 0.669. The Kier molecular flexibility index (Phi) is 6.07. The highest BCUT2D eigenvalue weighted by atomic mass is 32.2. The minimum absolute atomic E-state index is 0.00256. The topological polar surface area (TPSA) is 110 Å². The molecule has 2 rings (SSSR count). The van der Waals surface area contributed by atoms with Crippen LogP contribution in [-0.2, 0) is 24.8 Å². The van der Waals surface area contributed by atoms with Crippen LogP contribution in [0.2, 0.25) is 0 Å². The lowest BCUT2D eigenvalue weighted by atomic mass is 10.3. The number of unbranched alkanes of at least 4 members (excludes halogenated alkanes) is 2. The van der Waals surface area contributed by atoms with Crippen molar-refractivity contribution in [1.29, 1.82) is 0 Å². The first-order chi connectivity index (χ1) is 11.7. The predicted octanol–water partition coefficient (Wildman–Crippen LogP) is 1.23. The van der Waals surface area contributed by atoms with Crippen LogP contribution in [0.1, 0.15) is 32.6 Å². The van der Waals surface area contributed by atoms with Crippen molar-refractivity contribution in [1.82, 2.24) is 4.72 Å². The minimum Gasteiger partial charge on any atom is -0.495 e. The van der Waals surface area contributed by atoms with Gasteiger partial charge in [0.2, 0.25) is 26.0 Å². The number of carbonyl (C=O) groups excluding carboxylic acids is 1. The van der Waals surface area contributed by atoms with Crippen LogP contribution in [0, 0.1) is 0 Å². The van der Waals surface area contributed by atoms with Crippen LogP contribution in [0.4, 0.5) is 5.69 Å². The molecule has 0 saturated carbocycles. The number of nitrogens with one attached hydrogen (secondary N) is 1. The van der Waals surface area contributed by atoms with E-state index in [1.165, 1.54) is 19.2 Å². The number of methoxy groups -OCH3 is 1. The molecule has 1 aliphatic rings. The van der Waals surface area contributed by atoms with Gasteiger partial charge in [-0.25, -0.2) is 25.9 Å². The molecule has 1 amide bonds. The average Bonchev–Trinajstić information content (AvgIpc) is 2.84. The van der Waals surface area contributed by atoms with E-state index in [1.807, 2.05) is 6.92 Å². The Morgan fingerprint density at radius 2 is 2.00 bits per heavy atom. The van der Waals surface area contributed by atoms with Gasteiger partial charge in [0.25, 0.3) is 0 Å². The fourth-order valence-electron chi connectivity index (χ4n) is 2.53. The summed E-state index contributed by atoms with van der Waals surface area (Å²) in [6, 6.07) is 3.86. The Labute approximate surface area is 148 Å². The second kappa shape index (κ2) is 7.71. The maximum absolute atomic E-state index is 12.5. The summed E-state index contributed by atoms with van der Waals surface area (Å²) in [5, 5.41) is 0. The molecule has 0 aromatic heterocycles. The summed E-state index contributed by atoms with van der Waals surface area (Å²) in [7, 11) is -6.34. The van der Waals surface area contributed by atoms with E-state index in [2.05, 4.69) is 4.72 Å². The fourth-order valence-corrected chi connectivity index (χ4v) is 5.24. The minimum atomic E-state index is -3.90. The van der Waals surface area contributed by atoms with E-state index in [9.17, 15) is 21.6 Å². The van der Waals surface area contributed by atoms with Crippen LogP contribution < -0.4 is 13.8 Å². The molecule has 0 atom stereocenters. The van der Waals surface area contributed by atoms with Crippen molar-refractivity contribution in [3.63, 3.8) is 0 Å². The number of carbonyl (C=O) groups is 1. The molecule has 10 heteroatoms. The van der Waals surface area contributed by atoms with Gasteiger partial charge in [0, 0.05) is 13.0 Å². The van der Waals surface area contributed by atoms with Gasteiger partial charge in [-0.1, -0.05) is 19.8 Å². The number of ether oxygens (including phenoxy) is 1. The second-order valence-electron chi connectivity index (χ2n) is 5.66. The summed E-state index contributed by atoms with van der Waals surface area (Å²) < 4.78 is 57.4. The van der Waals surface area contributed by atoms with Gasteiger partial charge in [0.15, 0.2) is 0 Å². The van der Waals surface area contributed by atoms with Crippen molar-refractivity contribution >= 4 is 31.6 Å². The molecule has 0 bridgehead atoms. The fraction of sp³-hybridized carbons (Fsp3) is 0.533. The molecule has 0 aliphatic carbocycles. The van der Waals surface area contributed by atoms with Crippen molar-refractivity contribution in [2.45, 2.75) is 37.5 Å². The molecular formula is C15H22N2O6S2. The molecule has 1 aliphatic heterocycles. The van der Waals surface area contributed by atoms with Gasteiger partial charge < -0.3 is 4.74 Å². The number of nitrogens with zero attached hydrogens (tertiary/aromatic N) is 1. The molecule has 1 heterocycles. The third-order valence-electron chi connectivity index (χ3n) is 3.82. The van der Waals surface area contributed by atoms with Crippen molar-refractivity contribution in [3.05, 3.63) is 18.2 Å². The Bertz CT molecular complexity index is 849. The van der Waals surface area contributed by atoms with E-state index in [-0.39, 0.29) is 35.1 Å². The average molecular weight is 390 g/mol. The van der Waals surface area contributed by atoms with Gasteiger partial charge in [-0.2, -0.15) is 0 Å². The number of hydrogen-bond acceptors (Lipinski definition) is 6. The zero-order valence-electron chi connectivity index (χ0n) is 14.2. The van der Waals surface area contributed by atoms with Gasteiger partial charge in [-0.15, -0.1) is 0 Å². The highest BCUT2D eigenvalue weighted by molar-refractivity contribution is 7.94. The van der Waals surface area contributed by atoms with Gasteiger partial charge in [-0.05, 0) is 24.6 Å². The number of sulfonamides is 2. The monoisotopic (exact) mass is 390 g/mol. The van der Waals surface area contributed by atoms with Gasteiger partial charge >= 0.3 is 0 Å². The second-order valence-corrected chi connectivity index (χ2v) is 9.34. The molecule has 1 saturated heterocycles. The van der Waals surface area contributed by atoms with Gasteiger partial charge in [-0.3, -0.25) is 4.79 Å². The van der Waals surface area contributed by atoms with Crippen LogP contribution in [0.3, 0.4) is 0 Å². The van der Waals surface area contributed by atoms with E-state index in [0.717, 1.165) is 18.9 Å². The molecular weight excluding hydrogens is 368 g/mol. The summed E-state index contributed by atoms with van der Waals surface area (Å²) in [6.45, 7) is 2.28. The van der Waals surface area contributed by atoms with Crippen molar-refractivity contribution < 1.29 is 26.4 Å². The van der Waals surface area contributed by atoms with E-state index in [0.29, 0.717) is 10.7 Å². The summed E-state index contributed by atoms with van der Waals surface area (Å²) in [5.41, 5.74) is -0.00256. The highest BCUT2D eigenvalue weighted by Crippen LogP contribution is 2.32. The van der Waals surface area contributed by atoms with Crippen molar-refractivity contribution in [2.24, 2.45) is 0 Å². The highest BCUT2D eigenvalue weighted by Gasteiger charge is 2.37. The summed E-state index contributed by atoms with van der Waals surface area (Å²) in [4.78, 5) is 11.7. The number of hydrogen-bond donors (Lipinski definition) is 1. The maximum Gasteiger partial charge on any atom is 0.244 e. The van der Waals surface area contributed by atoms with Gasteiger partial charge in [0.1, 0.15) is 10.6 Å². The zero-order chi connectivity index (χ0) is 18.7. The van der Waals surface area contributed by atoms with E-state index in [4.69, 9.17) is 4.74 Å². The third kappa shape index (κ3) is 4.31. The normalized spacial score (nSPS) is 17.0. The van der Waals surface area contributed by atoms with E-state index < -0.39 is 26.0 Å². The van der Waals surface area contributed by atoms with Crippen LogP contribution >= 0.6 is 0 Å².